The molecule has 4 N–H and O–H groups in total. The first-order chi connectivity index (χ1) is 8.11. The Balaban J connectivity index is 2.36. The lowest BCUT2D eigenvalue weighted by Gasteiger charge is -2.10. The molecule has 0 amide bonds. The molecule has 0 aliphatic heterocycles. The van der Waals surface area contributed by atoms with Crippen molar-refractivity contribution in [2.75, 3.05) is 6.61 Å². The molecule has 0 saturated heterocycles. The molecule has 0 fully saturated rings. The van der Waals surface area contributed by atoms with Crippen LogP contribution in [0.1, 0.15) is 25.7 Å². The molecule has 17 heavy (non-hydrogen) atoms. The summed E-state index contributed by atoms with van der Waals surface area (Å²) in [5.41, 5.74) is 7.12. The molecule has 0 aromatic carbocycles. The van der Waals surface area contributed by atoms with Gasteiger partial charge in [0.25, 0.3) is 0 Å². The van der Waals surface area contributed by atoms with Gasteiger partial charge in [-0.1, -0.05) is 0 Å². The fourth-order valence-electron chi connectivity index (χ4n) is 1.51. The Morgan fingerprint density at radius 1 is 1.47 bits per heavy atom. The minimum atomic E-state index is -0.665. The highest BCUT2D eigenvalue weighted by atomic mass is 16.5. The number of imidazole rings is 1. The van der Waals surface area contributed by atoms with Crippen LogP contribution in [0.4, 0.5) is 0 Å². The second-order valence-electron chi connectivity index (χ2n) is 3.84. The zero-order valence-corrected chi connectivity index (χ0v) is 9.84. The fourth-order valence-corrected chi connectivity index (χ4v) is 1.51. The van der Waals surface area contributed by atoms with E-state index in [9.17, 15) is 5.11 Å². The van der Waals surface area contributed by atoms with Gasteiger partial charge in [0, 0.05) is 6.07 Å². The number of nitrogens with zero attached hydrogens (tertiary/aromatic N) is 2. The summed E-state index contributed by atoms with van der Waals surface area (Å²) in [4.78, 5) is 11.5. The first-order valence-corrected chi connectivity index (χ1v) is 5.55. The molecule has 0 aliphatic rings. The van der Waals surface area contributed by atoms with Gasteiger partial charge in [-0.2, -0.15) is 4.98 Å². The number of ether oxygens (including phenoxy) is 1. The number of pyridine rings is 1. The highest BCUT2D eigenvalue weighted by molar-refractivity contribution is 5.71. The summed E-state index contributed by atoms with van der Waals surface area (Å²) in [6.45, 7) is 4.07. The van der Waals surface area contributed by atoms with Gasteiger partial charge in [-0.05, 0) is 19.9 Å². The molecule has 2 rings (SSSR count). The second-order valence-corrected chi connectivity index (χ2v) is 3.84. The summed E-state index contributed by atoms with van der Waals surface area (Å²) < 4.78 is 5.29. The summed E-state index contributed by atoms with van der Waals surface area (Å²) in [5.74, 6) is 1.06. The molecule has 0 saturated carbocycles. The number of aliphatic hydroxyl groups is 1. The maximum absolute atomic E-state index is 9.41. The lowest BCUT2D eigenvalue weighted by atomic mass is 10.2. The van der Waals surface area contributed by atoms with Crippen molar-refractivity contribution in [1.29, 1.82) is 0 Å². The van der Waals surface area contributed by atoms with Crippen LogP contribution in [0.3, 0.4) is 0 Å². The van der Waals surface area contributed by atoms with E-state index in [2.05, 4.69) is 15.0 Å². The van der Waals surface area contributed by atoms with Crippen LogP contribution in [-0.4, -0.2) is 32.8 Å². The standard InChI is InChI=1S/C11H16N4O2/c1-3-17-8-5-4-7-10(14-8)15-11(13-7)9(12)6(2)16/h4-6,9,16H,3,12H2,1-2H3,(H,13,14,15). The number of hydrogen-bond donors (Lipinski definition) is 3. The van der Waals surface area contributed by atoms with Gasteiger partial charge in [-0.3, -0.25) is 0 Å². The van der Waals surface area contributed by atoms with E-state index in [0.717, 1.165) is 5.52 Å². The van der Waals surface area contributed by atoms with Gasteiger partial charge < -0.3 is 20.6 Å². The van der Waals surface area contributed by atoms with Crippen molar-refractivity contribution < 1.29 is 9.84 Å². The first-order valence-electron chi connectivity index (χ1n) is 5.55. The van der Waals surface area contributed by atoms with Gasteiger partial charge in [-0.15, -0.1) is 0 Å². The topological polar surface area (TPSA) is 97.0 Å². The van der Waals surface area contributed by atoms with Crippen LogP contribution in [0.15, 0.2) is 12.1 Å². The molecule has 2 heterocycles. The van der Waals surface area contributed by atoms with E-state index in [-0.39, 0.29) is 0 Å². The largest absolute Gasteiger partial charge is 0.478 e. The molecule has 2 aromatic rings. The Morgan fingerprint density at radius 2 is 2.24 bits per heavy atom. The highest BCUT2D eigenvalue weighted by Gasteiger charge is 2.16. The summed E-state index contributed by atoms with van der Waals surface area (Å²) in [6.07, 6.45) is -0.665. The Morgan fingerprint density at radius 3 is 2.88 bits per heavy atom. The van der Waals surface area contributed by atoms with Crippen molar-refractivity contribution in [3.63, 3.8) is 0 Å². The molecule has 2 unspecified atom stereocenters. The lowest BCUT2D eigenvalue weighted by molar-refractivity contribution is 0.161. The quantitative estimate of drug-likeness (QED) is 0.727. The number of hydrogen-bond acceptors (Lipinski definition) is 5. The van der Waals surface area contributed by atoms with E-state index in [0.29, 0.717) is 24.0 Å². The van der Waals surface area contributed by atoms with E-state index in [1.165, 1.54) is 0 Å². The SMILES string of the molecule is CCOc1ccc2[nH]c(C(N)C(C)O)nc2n1. The second kappa shape index (κ2) is 4.68. The van der Waals surface area contributed by atoms with Crippen LogP contribution in [0.2, 0.25) is 0 Å². The molecule has 2 atom stereocenters. The molecule has 0 aliphatic carbocycles. The van der Waals surface area contributed by atoms with Crippen LogP contribution >= 0.6 is 0 Å². The van der Waals surface area contributed by atoms with E-state index < -0.39 is 12.1 Å². The van der Waals surface area contributed by atoms with Crippen LogP contribution in [-0.2, 0) is 0 Å². The molecule has 92 valence electrons. The molecule has 0 radical (unpaired) electrons. The summed E-state index contributed by atoms with van der Waals surface area (Å²) in [7, 11) is 0. The molecule has 0 spiro atoms. The number of aromatic nitrogens is 3. The smallest absolute Gasteiger partial charge is 0.215 e. The van der Waals surface area contributed by atoms with Crippen LogP contribution in [0, 0.1) is 0 Å². The van der Waals surface area contributed by atoms with Gasteiger partial charge >= 0.3 is 0 Å². The van der Waals surface area contributed by atoms with E-state index >= 15 is 0 Å². The summed E-state index contributed by atoms with van der Waals surface area (Å²) in [5, 5.41) is 9.41. The zero-order valence-electron chi connectivity index (χ0n) is 9.84. The Bertz CT molecular complexity index is 509. The fraction of sp³-hybridized carbons (Fsp3) is 0.455. The number of nitrogens with one attached hydrogen (secondary N) is 1. The molecule has 0 bridgehead atoms. The maximum atomic E-state index is 9.41. The van der Waals surface area contributed by atoms with E-state index in [1.54, 1.807) is 13.0 Å². The normalized spacial score (nSPS) is 14.8. The lowest BCUT2D eigenvalue weighted by Crippen LogP contribution is -2.24. The molecule has 2 aromatic heterocycles. The van der Waals surface area contributed by atoms with Crippen molar-refractivity contribution >= 4 is 11.2 Å². The highest BCUT2D eigenvalue weighted by Crippen LogP contribution is 2.18. The van der Waals surface area contributed by atoms with Crippen molar-refractivity contribution in [3.05, 3.63) is 18.0 Å². The van der Waals surface area contributed by atoms with Gasteiger partial charge in [0.05, 0.1) is 24.3 Å². The third-order valence-corrected chi connectivity index (χ3v) is 2.47. The van der Waals surface area contributed by atoms with Crippen molar-refractivity contribution in [2.24, 2.45) is 5.73 Å². The number of rotatable bonds is 4. The van der Waals surface area contributed by atoms with Gasteiger partial charge in [0.2, 0.25) is 5.88 Å². The average Bonchev–Trinajstić information content (AvgIpc) is 2.71. The zero-order chi connectivity index (χ0) is 12.4. The summed E-state index contributed by atoms with van der Waals surface area (Å²) >= 11 is 0. The number of H-pyrrole nitrogens is 1. The number of aliphatic hydroxyl groups excluding tert-OH is 1. The first kappa shape index (κ1) is 11.8. The monoisotopic (exact) mass is 236 g/mol. The van der Waals surface area contributed by atoms with Crippen molar-refractivity contribution in [1.82, 2.24) is 15.0 Å². The third kappa shape index (κ3) is 2.37. The van der Waals surface area contributed by atoms with Crippen LogP contribution in [0.25, 0.3) is 11.2 Å². The van der Waals surface area contributed by atoms with Crippen LogP contribution < -0.4 is 10.5 Å². The minimum absolute atomic E-state index is 0.524. The molecule has 6 heteroatoms. The van der Waals surface area contributed by atoms with Crippen molar-refractivity contribution in [3.8, 4) is 5.88 Å². The van der Waals surface area contributed by atoms with Gasteiger partial charge in [0.15, 0.2) is 5.65 Å². The van der Waals surface area contributed by atoms with Gasteiger partial charge in [-0.25, -0.2) is 4.98 Å². The van der Waals surface area contributed by atoms with E-state index in [1.807, 2.05) is 13.0 Å². The summed E-state index contributed by atoms with van der Waals surface area (Å²) in [6, 6.07) is 3.06. The minimum Gasteiger partial charge on any atom is -0.478 e. The number of nitrogens with two attached hydrogens (primary N) is 1. The molecule has 6 nitrogen and oxygen atoms in total. The predicted octanol–water partition coefficient (Wildman–Crippen LogP) is 0.737. The number of aromatic amines is 1. The van der Waals surface area contributed by atoms with E-state index in [4.69, 9.17) is 10.5 Å². The van der Waals surface area contributed by atoms with Gasteiger partial charge in [0.1, 0.15) is 5.82 Å². The Labute approximate surface area is 98.8 Å². The van der Waals surface area contributed by atoms with Crippen LogP contribution in [0.5, 0.6) is 5.88 Å². The van der Waals surface area contributed by atoms with Crippen molar-refractivity contribution in [2.45, 2.75) is 26.0 Å². The average molecular weight is 236 g/mol. The maximum Gasteiger partial charge on any atom is 0.215 e. The molecular weight excluding hydrogens is 220 g/mol. The predicted molar refractivity (Wildman–Crippen MR) is 63.7 cm³/mol. The Hall–Kier alpha value is -1.66. The Kier molecular flexibility index (Phi) is 3.26. The molecular formula is C11H16N4O2. The number of fused-ring (bicyclic) bond motifs is 1. The third-order valence-electron chi connectivity index (χ3n) is 2.47.